The minimum absolute atomic E-state index is 0.0706. The number of carbonyl (C=O) groups is 1. The highest BCUT2D eigenvalue weighted by Gasteiger charge is 2.18. The molecule has 0 aliphatic carbocycles. The lowest BCUT2D eigenvalue weighted by molar-refractivity contribution is -0.121. The molecule has 0 aliphatic rings. The van der Waals surface area contributed by atoms with Gasteiger partial charge in [0, 0.05) is 10.9 Å². The Morgan fingerprint density at radius 2 is 1.48 bits per heavy atom. The van der Waals surface area contributed by atoms with Crippen molar-refractivity contribution in [3.05, 3.63) is 112 Å². The van der Waals surface area contributed by atoms with E-state index in [0.29, 0.717) is 5.02 Å². The molecule has 144 valence electrons. The van der Waals surface area contributed by atoms with Crippen molar-refractivity contribution in [1.29, 1.82) is 0 Å². The van der Waals surface area contributed by atoms with Crippen LogP contribution in [0.4, 0.5) is 0 Å². The van der Waals surface area contributed by atoms with Crippen LogP contribution in [0, 0.1) is 0 Å². The molecular formula is C24H19ClN2OS. The molecule has 5 heteroatoms. The maximum absolute atomic E-state index is 12.8. The monoisotopic (exact) mass is 418 g/mol. The van der Waals surface area contributed by atoms with Gasteiger partial charge in [-0.2, -0.15) is 0 Å². The third kappa shape index (κ3) is 4.73. The number of hydrogen-bond acceptors (Lipinski definition) is 3. The maximum Gasteiger partial charge on any atom is 0.226 e. The van der Waals surface area contributed by atoms with Gasteiger partial charge in [-0.15, -0.1) is 11.3 Å². The third-order valence-corrected chi connectivity index (χ3v) is 5.82. The molecule has 1 aromatic heterocycles. The van der Waals surface area contributed by atoms with Gasteiger partial charge in [-0.3, -0.25) is 4.79 Å². The van der Waals surface area contributed by atoms with E-state index in [9.17, 15) is 4.79 Å². The number of nitrogens with one attached hydrogen (secondary N) is 1. The number of amides is 1. The number of nitrogens with zero attached hydrogens (tertiary/aromatic N) is 1. The van der Waals surface area contributed by atoms with Crippen molar-refractivity contribution >= 4 is 28.8 Å². The molecule has 3 nitrogen and oxygen atoms in total. The summed E-state index contributed by atoms with van der Waals surface area (Å²) in [6.07, 6.45) is 0.219. The second-order valence-electron chi connectivity index (χ2n) is 6.62. The molecule has 29 heavy (non-hydrogen) atoms. The van der Waals surface area contributed by atoms with Crippen molar-refractivity contribution in [3.63, 3.8) is 0 Å². The van der Waals surface area contributed by atoms with E-state index in [1.54, 1.807) is 0 Å². The van der Waals surface area contributed by atoms with Crippen molar-refractivity contribution in [2.45, 2.75) is 12.5 Å². The van der Waals surface area contributed by atoms with Crippen molar-refractivity contribution in [2.24, 2.45) is 0 Å². The van der Waals surface area contributed by atoms with Crippen molar-refractivity contribution in [2.75, 3.05) is 0 Å². The maximum atomic E-state index is 12.8. The van der Waals surface area contributed by atoms with Gasteiger partial charge >= 0.3 is 0 Å². The van der Waals surface area contributed by atoms with Crippen molar-refractivity contribution < 1.29 is 4.79 Å². The number of thiazole rings is 1. The van der Waals surface area contributed by atoms with E-state index in [1.165, 1.54) is 11.3 Å². The zero-order valence-electron chi connectivity index (χ0n) is 15.6. The van der Waals surface area contributed by atoms with E-state index < -0.39 is 0 Å². The fourth-order valence-electron chi connectivity index (χ4n) is 3.17. The summed E-state index contributed by atoms with van der Waals surface area (Å²) in [4.78, 5) is 17.4. The van der Waals surface area contributed by atoms with Crippen LogP contribution in [0.1, 0.15) is 22.9 Å². The van der Waals surface area contributed by atoms with Crippen LogP contribution in [-0.2, 0) is 11.2 Å². The zero-order valence-corrected chi connectivity index (χ0v) is 17.2. The van der Waals surface area contributed by atoms with E-state index in [0.717, 1.165) is 27.4 Å². The summed E-state index contributed by atoms with van der Waals surface area (Å²) in [5, 5.41) is 6.55. The lowest BCUT2D eigenvalue weighted by Gasteiger charge is -2.19. The minimum atomic E-state index is -0.202. The molecule has 0 aliphatic heterocycles. The molecule has 0 radical (unpaired) electrons. The lowest BCUT2D eigenvalue weighted by atomic mass is 9.98. The van der Waals surface area contributed by atoms with E-state index in [2.05, 4.69) is 10.3 Å². The predicted octanol–water partition coefficient (Wildman–Crippen LogP) is 5.91. The van der Waals surface area contributed by atoms with Gasteiger partial charge in [0.1, 0.15) is 5.01 Å². The summed E-state index contributed by atoms with van der Waals surface area (Å²) >= 11 is 7.76. The molecule has 4 rings (SSSR count). The fraction of sp³-hybridized carbons (Fsp3) is 0.0833. The second-order valence-corrected chi connectivity index (χ2v) is 7.89. The first-order valence-electron chi connectivity index (χ1n) is 9.29. The van der Waals surface area contributed by atoms with Gasteiger partial charge < -0.3 is 5.32 Å². The van der Waals surface area contributed by atoms with Gasteiger partial charge in [-0.05, 0) is 17.2 Å². The summed E-state index contributed by atoms with van der Waals surface area (Å²) in [6, 6.07) is 27.4. The van der Waals surface area contributed by atoms with Crippen molar-refractivity contribution in [3.8, 4) is 10.6 Å². The highest BCUT2D eigenvalue weighted by molar-refractivity contribution is 7.13. The third-order valence-electron chi connectivity index (χ3n) is 4.57. The van der Waals surface area contributed by atoms with Gasteiger partial charge in [0.2, 0.25) is 5.91 Å². The number of benzene rings is 3. The average Bonchev–Trinajstić information content (AvgIpc) is 3.21. The standard InChI is InChI=1S/C24H19ClN2OS/c25-21-14-8-7-13-20(21)24-26-19(16-29-24)15-22(28)27-23(17-9-3-1-4-10-17)18-11-5-2-6-12-18/h1-14,16,23H,15H2,(H,27,28). The van der Waals surface area contributed by atoms with E-state index in [1.807, 2.05) is 90.3 Å². The molecule has 1 heterocycles. The Hall–Kier alpha value is -2.95. The molecule has 0 atom stereocenters. The molecule has 0 saturated carbocycles. The summed E-state index contributed by atoms with van der Waals surface area (Å²) in [7, 11) is 0. The largest absolute Gasteiger partial charge is 0.345 e. The Morgan fingerprint density at radius 1 is 0.897 bits per heavy atom. The molecule has 3 aromatic carbocycles. The van der Waals surface area contributed by atoms with Crippen LogP contribution < -0.4 is 5.32 Å². The number of halogens is 1. The molecule has 1 amide bonds. The molecular weight excluding hydrogens is 400 g/mol. The van der Waals surface area contributed by atoms with Gasteiger partial charge in [-0.1, -0.05) is 90.5 Å². The highest BCUT2D eigenvalue weighted by atomic mass is 35.5. The van der Waals surface area contributed by atoms with Crippen LogP contribution >= 0.6 is 22.9 Å². The predicted molar refractivity (Wildman–Crippen MR) is 119 cm³/mol. The summed E-state index contributed by atoms with van der Waals surface area (Å²) in [6.45, 7) is 0. The Kier molecular flexibility index (Phi) is 6.03. The quantitative estimate of drug-likeness (QED) is 0.422. The molecule has 0 spiro atoms. The second kappa shape index (κ2) is 9.03. The first kappa shape index (κ1) is 19.4. The highest BCUT2D eigenvalue weighted by Crippen LogP contribution is 2.30. The first-order valence-corrected chi connectivity index (χ1v) is 10.5. The molecule has 1 N–H and O–H groups in total. The van der Waals surface area contributed by atoms with Gasteiger partial charge in [0.15, 0.2) is 0 Å². The summed E-state index contributed by atoms with van der Waals surface area (Å²) in [5.41, 5.74) is 3.71. The summed E-state index contributed by atoms with van der Waals surface area (Å²) < 4.78 is 0. The molecule has 4 aromatic rings. The molecule has 0 fully saturated rings. The SMILES string of the molecule is O=C(Cc1csc(-c2ccccc2Cl)n1)NC(c1ccccc1)c1ccccc1. The number of hydrogen-bond donors (Lipinski definition) is 1. The Labute approximate surface area is 179 Å². The normalized spacial score (nSPS) is 10.8. The minimum Gasteiger partial charge on any atom is -0.345 e. The number of carbonyl (C=O) groups excluding carboxylic acids is 1. The molecule has 0 saturated heterocycles. The first-order chi connectivity index (χ1) is 14.2. The molecule has 0 bridgehead atoms. The van der Waals surface area contributed by atoms with Crippen LogP contribution in [0.25, 0.3) is 10.6 Å². The zero-order chi connectivity index (χ0) is 20.1. The molecule has 0 unspecified atom stereocenters. The smallest absolute Gasteiger partial charge is 0.226 e. The van der Waals surface area contributed by atoms with Crippen LogP contribution in [0.5, 0.6) is 0 Å². The van der Waals surface area contributed by atoms with Crippen LogP contribution in [0.3, 0.4) is 0 Å². The summed E-state index contributed by atoms with van der Waals surface area (Å²) in [5.74, 6) is -0.0706. The topological polar surface area (TPSA) is 42.0 Å². The average molecular weight is 419 g/mol. The van der Waals surface area contributed by atoms with E-state index >= 15 is 0 Å². The van der Waals surface area contributed by atoms with Gasteiger partial charge in [0.05, 0.1) is 23.2 Å². The van der Waals surface area contributed by atoms with Gasteiger partial charge in [-0.25, -0.2) is 4.98 Å². The van der Waals surface area contributed by atoms with Gasteiger partial charge in [0.25, 0.3) is 0 Å². The van der Waals surface area contributed by atoms with E-state index in [-0.39, 0.29) is 18.4 Å². The van der Waals surface area contributed by atoms with Crippen LogP contribution in [0.15, 0.2) is 90.3 Å². The number of rotatable bonds is 6. The Bertz CT molecular complexity index is 1060. The van der Waals surface area contributed by atoms with Crippen LogP contribution in [0.2, 0.25) is 5.02 Å². The van der Waals surface area contributed by atoms with Crippen LogP contribution in [-0.4, -0.2) is 10.9 Å². The lowest BCUT2D eigenvalue weighted by Crippen LogP contribution is -2.30. The fourth-order valence-corrected chi connectivity index (χ4v) is 4.31. The Morgan fingerprint density at radius 3 is 2.10 bits per heavy atom. The number of aromatic nitrogens is 1. The van der Waals surface area contributed by atoms with E-state index in [4.69, 9.17) is 11.6 Å². The Balaban J connectivity index is 1.51. The van der Waals surface area contributed by atoms with Crippen molar-refractivity contribution in [1.82, 2.24) is 10.3 Å².